The largest absolute Gasteiger partial charge is 0.472 e. The van der Waals surface area contributed by atoms with Crippen LogP contribution in [0.5, 0.6) is 0 Å². The van der Waals surface area contributed by atoms with E-state index in [1.165, 1.54) is 37.6 Å². The summed E-state index contributed by atoms with van der Waals surface area (Å²) < 4.78 is 8.90. The number of hydrogen-bond donors (Lipinski definition) is 0. The Hall–Kier alpha value is -2.70. The van der Waals surface area contributed by atoms with Crippen LogP contribution in [-0.4, -0.2) is 14.5 Å². The SMILES string of the molecule is Brc1ccc(-c2csc(-c3ccc4c(c3)nc(-c3ccoc3)n4C3CCCCC3)n2)cc1. The van der Waals surface area contributed by atoms with Crippen molar-refractivity contribution in [1.82, 2.24) is 14.5 Å². The maximum atomic E-state index is 5.39. The van der Waals surface area contributed by atoms with Gasteiger partial charge in [0.1, 0.15) is 17.1 Å². The van der Waals surface area contributed by atoms with Gasteiger partial charge in [-0.2, -0.15) is 0 Å². The second kappa shape index (κ2) is 8.34. The Morgan fingerprint density at radius 2 is 1.72 bits per heavy atom. The van der Waals surface area contributed by atoms with Crippen LogP contribution >= 0.6 is 27.3 Å². The van der Waals surface area contributed by atoms with Gasteiger partial charge in [-0.25, -0.2) is 9.97 Å². The van der Waals surface area contributed by atoms with Crippen molar-refractivity contribution in [2.75, 3.05) is 0 Å². The summed E-state index contributed by atoms with van der Waals surface area (Å²) in [6, 6.07) is 17.4. The Morgan fingerprint density at radius 1 is 0.906 bits per heavy atom. The molecular formula is C26H22BrN3OS. The van der Waals surface area contributed by atoms with Crippen LogP contribution in [0.1, 0.15) is 38.1 Å². The quantitative estimate of drug-likeness (QED) is 0.247. The average Bonchev–Trinajstić information content (AvgIpc) is 3.59. The van der Waals surface area contributed by atoms with E-state index in [0.29, 0.717) is 6.04 Å². The molecule has 1 aliphatic rings. The molecule has 2 aromatic carbocycles. The molecular weight excluding hydrogens is 482 g/mol. The standard InChI is InChI=1S/C26H22BrN3OS/c27-20-9-6-17(7-10-20)23-16-32-26(29-23)18-8-11-24-22(14-18)28-25(19-12-13-31-15-19)30(24)21-4-2-1-3-5-21/h6-16,21H,1-5H2. The zero-order valence-electron chi connectivity index (χ0n) is 17.5. The molecule has 5 aromatic rings. The van der Waals surface area contributed by atoms with Crippen LogP contribution in [0.3, 0.4) is 0 Å². The molecule has 0 N–H and O–H groups in total. The van der Waals surface area contributed by atoms with Gasteiger partial charge in [0.25, 0.3) is 0 Å². The molecule has 3 aromatic heterocycles. The van der Waals surface area contributed by atoms with E-state index in [0.717, 1.165) is 43.2 Å². The Kier molecular flexibility index (Phi) is 5.20. The van der Waals surface area contributed by atoms with E-state index in [4.69, 9.17) is 14.4 Å². The second-order valence-corrected chi connectivity index (χ2v) is 10.1. The van der Waals surface area contributed by atoms with Crippen LogP contribution < -0.4 is 0 Å². The van der Waals surface area contributed by atoms with Crippen LogP contribution in [0.15, 0.2) is 75.3 Å². The summed E-state index contributed by atoms with van der Waals surface area (Å²) in [5.74, 6) is 1.01. The summed E-state index contributed by atoms with van der Waals surface area (Å²) >= 11 is 5.18. The molecule has 0 unspecified atom stereocenters. The third-order valence-electron chi connectivity index (χ3n) is 6.30. The van der Waals surface area contributed by atoms with Crippen molar-refractivity contribution in [2.24, 2.45) is 0 Å². The zero-order chi connectivity index (χ0) is 21.5. The number of benzene rings is 2. The van der Waals surface area contributed by atoms with E-state index in [1.54, 1.807) is 23.9 Å². The molecule has 0 saturated heterocycles. The van der Waals surface area contributed by atoms with E-state index in [1.807, 2.05) is 6.07 Å². The Morgan fingerprint density at radius 3 is 2.50 bits per heavy atom. The molecule has 4 nitrogen and oxygen atoms in total. The molecule has 160 valence electrons. The summed E-state index contributed by atoms with van der Waals surface area (Å²) in [5.41, 5.74) is 6.49. The van der Waals surface area contributed by atoms with Gasteiger partial charge in [0.15, 0.2) is 0 Å². The van der Waals surface area contributed by atoms with E-state index in [2.05, 4.69) is 68.3 Å². The van der Waals surface area contributed by atoms with E-state index >= 15 is 0 Å². The highest BCUT2D eigenvalue weighted by Crippen LogP contribution is 2.38. The molecule has 0 amide bonds. The van der Waals surface area contributed by atoms with E-state index in [9.17, 15) is 0 Å². The first-order valence-corrected chi connectivity index (χ1v) is 12.7. The van der Waals surface area contributed by atoms with Crippen molar-refractivity contribution in [2.45, 2.75) is 38.1 Å². The van der Waals surface area contributed by atoms with Gasteiger partial charge in [0.05, 0.1) is 28.6 Å². The monoisotopic (exact) mass is 503 g/mol. The lowest BCUT2D eigenvalue weighted by atomic mass is 9.95. The minimum Gasteiger partial charge on any atom is -0.472 e. The van der Waals surface area contributed by atoms with E-state index in [-0.39, 0.29) is 0 Å². The average molecular weight is 504 g/mol. The molecule has 0 spiro atoms. The third-order valence-corrected chi connectivity index (χ3v) is 7.72. The van der Waals surface area contributed by atoms with Crippen LogP contribution in [-0.2, 0) is 0 Å². The lowest BCUT2D eigenvalue weighted by Crippen LogP contribution is -2.13. The molecule has 6 rings (SSSR count). The first-order chi connectivity index (χ1) is 15.8. The number of thiazole rings is 1. The molecule has 0 aliphatic heterocycles. The van der Waals surface area contributed by atoms with Crippen molar-refractivity contribution in [3.8, 4) is 33.2 Å². The number of imidazole rings is 1. The van der Waals surface area contributed by atoms with Crippen LogP contribution in [0.25, 0.3) is 44.2 Å². The molecule has 6 heteroatoms. The minimum absolute atomic E-state index is 0.494. The lowest BCUT2D eigenvalue weighted by molar-refractivity contribution is 0.362. The number of halogens is 1. The molecule has 3 heterocycles. The molecule has 1 aliphatic carbocycles. The van der Waals surface area contributed by atoms with Gasteiger partial charge in [-0.05, 0) is 49.2 Å². The number of rotatable bonds is 4. The maximum absolute atomic E-state index is 5.39. The number of hydrogen-bond acceptors (Lipinski definition) is 4. The summed E-state index contributed by atoms with van der Waals surface area (Å²) in [6.45, 7) is 0. The number of nitrogens with zero attached hydrogens (tertiary/aromatic N) is 3. The van der Waals surface area contributed by atoms with Crippen LogP contribution in [0, 0.1) is 0 Å². The van der Waals surface area contributed by atoms with Gasteiger partial charge in [-0.15, -0.1) is 11.3 Å². The van der Waals surface area contributed by atoms with Crippen molar-refractivity contribution < 1.29 is 4.42 Å². The number of aromatic nitrogens is 3. The van der Waals surface area contributed by atoms with Gasteiger partial charge >= 0.3 is 0 Å². The first-order valence-electron chi connectivity index (χ1n) is 11.0. The fourth-order valence-electron chi connectivity index (χ4n) is 4.70. The van der Waals surface area contributed by atoms with Gasteiger partial charge in [0, 0.05) is 27.0 Å². The van der Waals surface area contributed by atoms with Crippen LogP contribution in [0.4, 0.5) is 0 Å². The van der Waals surface area contributed by atoms with Gasteiger partial charge < -0.3 is 8.98 Å². The highest BCUT2D eigenvalue weighted by atomic mass is 79.9. The highest BCUT2D eigenvalue weighted by Gasteiger charge is 2.23. The fraction of sp³-hybridized carbons (Fsp3) is 0.231. The normalized spacial score (nSPS) is 14.9. The Balaban J connectivity index is 1.42. The van der Waals surface area contributed by atoms with Gasteiger partial charge in [-0.1, -0.05) is 47.3 Å². The molecule has 1 fully saturated rings. The Labute approximate surface area is 199 Å². The maximum Gasteiger partial charge on any atom is 0.144 e. The third kappa shape index (κ3) is 3.61. The van der Waals surface area contributed by atoms with Crippen molar-refractivity contribution >= 4 is 38.3 Å². The van der Waals surface area contributed by atoms with Crippen molar-refractivity contribution in [3.05, 3.63) is 70.9 Å². The molecule has 0 radical (unpaired) electrons. The number of fused-ring (bicyclic) bond motifs is 1. The van der Waals surface area contributed by atoms with Crippen LogP contribution in [0.2, 0.25) is 0 Å². The minimum atomic E-state index is 0.494. The topological polar surface area (TPSA) is 43.9 Å². The smallest absolute Gasteiger partial charge is 0.144 e. The lowest BCUT2D eigenvalue weighted by Gasteiger charge is -2.25. The summed E-state index contributed by atoms with van der Waals surface area (Å²) in [7, 11) is 0. The molecule has 1 saturated carbocycles. The summed E-state index contributed by atoms with van der Waals surface area (Å²) in [5, 5.41) is 3.14. The Bertz CT molecular complexity index is 1360. The molecule has 0 atom stereocenters. The van der Waals surface area contributed by atoms with Gasteiger partial charge in [0.2, 0.25) is 0 Å². The van der Waals surface area contributed by atoms with Crippen molar-refractivity contribution in [1.29, 1.82) is 0 Å². The fourth-order valence-corrected chi connectivity index (χ4v) is 5.79. The predicted octanol–water partition coefficient (Wildman–Crippen LogP) is 8.35. The predicted molar refractivity (Wildman–Crippen MR) is 134 cm³/mol. The summed E-state index contributed by atoms with van der Waals surface area (Å²) in [6.07, 6.45) is 9.84. The second-order valence-electron chi connectivity index (χ2n) is 8.36. The van der Waals surface area contributed by atoms with Gasteiger partial charge in [-0.3, -0.25) is 0 Å². The molecule has 32 heavy (non-hydrogen) atoms. The molecule has 0 bridgehead atoms. The van der Waals surface area contributed by atoms with E-state index < -0.39 is 0 Å². The summed E-state index contributed by atoms with van der Waals surface area (Å²) in [4.78, 5) is 9.98. The zero-order valence-corrected chi connectivity index (χ0v) is 19.9. The first kappa shape index (κ1) is 19.9. The number of furan rings is 1. The highest BCUT2D eigenvalue weighted by molar-refractivity contribution is 9.10. The van der Waals surface area contributed by atoms with Crippen molar-refractivity contribution in [3.63, 3.8) is 0 Å².